The maximum atomic E-state index is 13.1. The van der Waals surface area contributed by atoms with E-state index in [0.717, 1.165) is 33.0 Å². The Labute approximate surface area is 216 Å². The van der Waals surface area contributed by atoms with Crippen molar-refractivity contribution < 1.29 is 14.3 Å². The number of amides is 1. The lowest BCUT2D eigenvalue weighted by atomic mass is 10.1. The number of aromatic nitrogens is 4. The second-order valence-corrected chi connectivity index (χ2v) is 9.33. The molecule has 9 nitrogen and oxygen atoms in total. The molecule has 1 N–H and O–H groups in total. The number of nitrogens with one attached hydrogen (secondary N) is 1. The van der Waals surface area contributed by atoms with Gasteiger partial charge in [0.1, 0.15) is 0 Å². The first-order valence-corrected chi connectivity index (χ1v) is 12.3. The van der Waals surface area contributed by atoms with Crippen molar-refractivity contribution in [3.05, 3.63) is 93.0 Å². The van der Waals surface area contributed by atoms with Crippen LogP contribution in [0.1, 0.15) is 32.2 Å². The van der Waals surface area contributed by atoms with Crippen molar-refractivity contribution in [2.24, 2.45) is 7.05 Å². The van der Waals surface area contributed by atoms with Crippen LogP contribution in [0.25, 0.3) is 27.7 Å². The number of fused-ring (bicyclic) bond motifs is 1. The third-order valence-corrected chi connectivity index (χ3v) is 6.91. The lowest BCUT2D eigenvalue weighted by molar-refractivity contribution is 0.0600. The maximum Gasteiger partial charge on any atom is 0.337 e. The molecule has 0 saturated carbocycles. The standard InChI is InChI=1S/C27H23N5O4S/c1-15-13-21(16(2)32(15)18-11-9-17(10-12-18)26(35)36-4)22-14-37-27(28-22)29-24(33)23-19-7-5-6-8-20(19)25(34)31(3)30-23/h5-14H,1-4H3,(H,28,29,33). The Balaban J connectivity index is 1.43. The van der Waals surface area contributed by atoms with Gasteiger partial charge in [0.15, 0.2) is 10.8 Å². The van der Waals surface area contributed by atoms with Crippen molar-refractivity contribution >= 4 is 39.1 Å². The molecular formula is C27H23N5O4S. The molecule has 37 heavy (non-hydrogen) atoms. The van der Waals surface area contributed by atoms with Gasteiger partial charge in [-0.25, -0.2) is 14.5 Å². The zero-order chi connectivity index (χ0) is 26.3. The largest absolute Gasteiger partial charge is 0.465 e. The first-order chi connectivity index (χ1) is 17.8. The molecule has 3 aromatic heterocycles. The number of aryl methyl sites for hydroxylation is 2. The molecule has 3 heterocycles. The van der Waals surface area contributed by atoms with Crippen molar-refractivity contribution in [2.45, 2.75) is 13.8 Å². The quantitative estimate of drug-likeness (QED) is 0.347. The molecular weight excluding hydrogens is 490 g/mol. The number of ether oxygens (including phenoxy) is 1. The third kappa shape index (κ3) is 4.31. The van der Waals surface area contributed by atoms with Gasteiger partial charge in [0.2, 0.25) is 0 Å². The fraction of sp³-hybridized carbons (Fsp3) is 0.148. The highest BCUT2D eigenvalue weighted by Gasteiger charge is 2.19. The molecule has 5 rings (SSSR count). The van der Waals surface area contributed by atoms with Crippen LogP contribution in [0, 0.1) is 13.8 Å². The molecule has 0 aliphatic carbocycles. The van der Waals surface area contributed by atoms with Gasteiger partial charge in [-0.3, -0.25) is 14.9 Å². The van der Waals surface area contributed by atoms with Gasteiger partial charge in [-0.15, -0.1) is 11.3 Å². The minimum Gasteiger partial charge on any atom is -0.465 e. The minimum atomic E-state index is -0.441. The van der Waals surface area contributed by atoms with E-state index in [2.05, 4.69) is 20.0 Å². The van der Waals surface area contributed by atoms with Gasteiger partial charge in [-0.2, -0.15) is 5.10 Å². The number of carbonyl (C=O) groups is 2. The Morgan fingerprint density at radius 1 is 1.03 bits per heavy atom. The second-order valence-electron chi connectivity index (χ2n) is 8.47. The number of esters is 1. The van der Waals surface area contributed by atoms with Crippen molar-refractivity contribution in [3.63, 3.8) is 0 Å². The molecule has 5 aromatic rings. The summed E-state index contributed by atoms with van der Waals surface area (Å²) in [6.07, 6.45) is 0. The van der Waals surface area contributed by atoms with Crippen LogP contribution in [0.15, 0.2) is 64.8 Å². The highest BCUT2D eigenvalue weighted by Crippen LogP contribution is 2.32. The minimum absolute atomic E-state index is 0.156. The predicted molar refractivity (Wildman–Crippen MR) is 143 cm³/mol. The van der Waals surface area contributed by atoms with Crippen LogP contribution in [0.5, 0.6) is 0 Å². The van der Waals surface area contributed by atoms with Gasteiger partial charge < -0.3 is 9.30 Å². The number of hydrogen-bond donors (Lipinski definition) is 1. The molecule has 10 heteroatoms. The number of carbonyl (C=O) groups excluding carboxylic acids is 2. The van der Waals surface area contributed by atoms with E-state index in [1.807, 2.05) is 37.4 Å². The smallest absolute Gasteiger partial charge is 0.337 e. The topological polar surface area (TPSA) is 108 Å². The molecule has 0 aliphatic heterocycles. The summed E-state index contributed by atoms with van der Waals surface area (Å²) in [5.74, 6) is -0.824. The molecule has 186 valence electrons. The van der Waals surface area contributed by atoms with Crippen molar-refractivity contribution in [2.75, 3.05) is 12.4 Å². The van der Waals surface area contributed by atoms with Gasteiger partial charge >= 0.3 is 5.97 Å². The lowest BCUT2D eigenvalue weighted by Gasteiger charge is -2.10. The molecule has 0 spiro atoms. The molecule has 2 aromatic carbocycles. The van der Waals surface area contributed by atoms with Gasteiger partial charge in [0.05, 0.1) is 23.8 Å². The summed E-state index contributed by atoms with van der Waals surface area (Å²) in [6, 6.07) is 16.1. The molecule has 1 amide bonds. The first kappa shape index (κ1) is 24.1. The Hall–Kier alpha value is -4.57. The number of benzene rings is 2. The van der Waals surface area contributed by atoms with E-state index in [0.29, 0.717) is 21.5 Å². The van der Waals surface area contributed by atoms with E-state index >= 15 is 0 Å². The molecule has 0 radical (unpaired) electrons. The molecule has 0 saturated heterocycles. The molecule has 0 bridgehead atoms. The third-order valence-electron chi connectivity index (χ3n) is 6.15. The fourth-order valence-electron chi connectivity index (χ4n) is 4.36. The Kier molecular flexibility index (Phi) is 6.18. The van der Waals surface area contributed by atoms with Crippen LogP contribution >= 0.6 is 11.3 Å². The van der Waals surface area contributed by atoms with Crippen molar-refractivity contribution in [3.8, 4) is 16.9 Å². The Morgan fingerprint density at radius 2 is 1.73 bits per heavy atom. The summed E-state index contributed by atoms with van der Waals surface area (Å²) < 4.78 is 8.02. The average Bonchev–Trinajstić information content (AvgIpc) is 3.48. The van der Waals surface area contributed by atoms with Crippen LogP contribution < -0.4 is 10.9 Å². The molecule has 0 unspecified atom stereocenters. The van der Waals surface area contributed by atoms with Gasteiger partial charge in [0, 0.05) is 40.5 Å². The zero-order valence-corrected chi connectivity index (χ0v) is 21.4. The normalized spacial score (nSPS) is 11.0. The monoisotopic (exact) mass is 513 g/mol. The molecule has 0 aliphatic rings. The van der Waals surface area contributed by atoms with E-state index in [1.54, 1.807) is 36.4 Å². The zero-order valence-electron chi connectivity index (χ0n) is 20.6. The summed E-state index contributed by atoms with van der Waals surface area (Å²) >= 11 is 1.31. The summed E-state index contributed by atoms with van der Waals surface area (Å²) in [6.45, 7) is 3.99. The van der Waals surface area contributed by atoms with Crippen molar-refractivity contribution in [1.82, 2.24) is 19.3 Å². The van der Waals surface area contributed by atoms with E-state index in [-0.39, 0.29) is 17.2 Å². The van der Waals surface area contributed by atoms with Gasteiger partial charge in [-0.1, -0.05) is 18.2 Å². The SMILES string of the molecule is COC(=O)c1ccc(-n2c(C)cc(-c3csc(NC(=O)c4nn(C)c(=O)c5ccccc45)n3)c2C)cc1. The van der Waals surface area contributed by atoms with Gasteiger partial charge in [0.25, 0.3) is 11.5 Å². The van der Waals surface area contributed by atoms with Crippen LogP contribution in [-0.4, -0.2) is 38.3 Å². The van der Waals surface area contributed by atoms with Crippen LogP contribution in [-0.2, 0) is 11.8 Å². The summed E-state index contributed by atoms with van der Waals surface area (Å²) in [5, 5.41) is 10.2. The van der Waals surface area contributed by atoms with Crippen LogP contribution in [0.2, 0.25) is 0 Å². The Morgan fingerprint density at radius 3 is 2.43 bits per heavy atom. The van der Waals surface area contributed by atoms with Crippen LogP contribution in [0.3, 0.4) is 0 Å². The fourth-order valence-corrected chi connectivity index (χ4v) is 5.07. The van der Waals surface area contributed by atoms with E-state index < -0.39 is 5.91 Å². The summed E-state index contributed by atoms with van der Waals surface area (Å²) in [4.78, 5) is 41.9. The number of hydrogen-bond acceptors (Lipinski definition) is 7. The lowest BCUT2D eigenvalue weighted by Crippen LogP contribution is -2.25. The number of anilines is 1. The second kappa shape index (κ2) is 9.47. The predicted octanol–water partition coefficient (Wildman–Crippen LogP) is 4.50. The number of methoxy groups -OCH3 is 1. The Bertz CT molecular complexity index is 1730. The molecule has 0 fully saturated rings. The molecule has 0 atom stereocenters. The number of nitrogens with zero attached hydrogens (tertiary/aromatic N) is 4. The van der Waals surface area contributed by atoms with Gasteiger partial charge in [-0.05, 0) is 50.2 Å². The maximum absolute atomic E-state index is 13.1. The van der Waals surface area contributed by atoms with E-state index in [1.165, 1.54) is 25.5 Å². The van der Waals surface area contributed by atoms with E-state index in [9.17, 15) is 14.4 Å². The summed E-state index contributed by atoms with van der Waals surface area (Å²) in [7, 11) is 2.88. The first-order valence-electron chi connectivity index (χ1n) is 11.4. The van der Waals surface area contributed by atoms with Crippen LogP contribution in [0.4, 0.5) is 5.13 Å². The summed E-state index contributed by atoms with van der Waals surface area (Å²) in [5.41, 5.74) is 4.90. The average molecular weight is 514 g/mol. The highest BCUT2D eigenvalue weighted by molar-refractivity contribution is 7.14. The highest BCUT2D eigenvalue weighted by atomic mass is 32.1. The van der Waals surface area contributed by atoms with E-state index in [4.69, 9.17) is 4.74 Å². The number of thiazole rings is 1. The van der Waals surface area contributed by atoms with Crippen molar-refractivity contribution in [1.29, 1.82) is 0 Å². The number of rotatable bonds is 5.